The zero-order chi connectivity index (χ0) is 21.5. The Morgan fingerprint density at radius 3 is 2.43 bits per heavy atom. The molecular formula is C24H30N4O2. The summed E-state index contributed by atoms with van der Waals surface area (Å²) in [5.74, 6) is 0.988. The van der Waals surface area contributed by atoms with Crippen molar-refractivity contribution in [2.24, 2.45) is 0 Å². The number of carboxylic acid groups (broad SMARTS) is 1. The van der Waals surface area contributed by atoms with Crippen molar-refractivity contribution in [2.75, 3.05) is 0 Å². The molecule has 0 aliphatic heterocycles. The molecule has 2 aromatic heterocycles. The Morgan fingerprint density at radius 1 is 1.07 bits per heavy atom. The fourth-order valence-corrected chi connectivity index (χ4v) is 3.53. The van der Waals surface area contributed by atoms with E-state index in [2.05, 4.69) is 30.4 Å². The van der Waals surface area contributed by atoms with Crippen LogP contribution >= 0.6 is 0 Å². The number of carboxylic acids is 1. The number of pyridine rings is 1. The van der Waals surface area contributed by atoms with E-state index in [9.17, 15) is 9.90 Å². The van der Waals surface area contributed by atoms with Gasteiger partial charge in [0.15, 0.2) is 5.82 Å². The number of aryl methyl sites for hydroxylation is 2. The van der Waals surface area contributed by atoms with Crippen LogP contribution in [0.1, 0.15) is 80.1 Å². The van der Waals surface area contributed by atoms with Gasteiger partial charge in [-0.1, -0.05) is 51.0 Å². The molecule has 6 nitrogen and oxygen atoms in total. The lowest BCUT2D eigenvalue weighted by molar-refractivity contribution is 0.0697. The van der Waals surface area contributed by atoms with Gasteiger partial charge in [-0.15, -0.1) is 0 Å². The van der Waals surface area contributed by atoms with E-state index in [1.165, 1.54) is 0 Å². The molecule has 1 unspecified atom stereocenters. The summed E-state index contributed by atoms with van der Waals surface area (Å²) in [6.07, 6.45) is 7.88. The first-order valence-electron chi connectivity index (χ1n) is 10.8. The molecule has 1 aromatic carbocycles. The number of aromatic nitrogens is 4. The van der Waals surface area contributed by atoms with Crippen molar-refractivity contribution in [3.05, 3.63) is 65.4 Å². The van der Waals surface area contributed by atoms with E-state index < -0.39 is 5.97 Å². The van der Waals surface area contributed by atoms with Crippen molar-refractivity contribution >= 4 is 5.97 Å². The van der Waals surface area contributed by atoms with Crippen LogP contribution < -0.4 is 0 Å². The Bertz CT molecular complexity index is 979. The highest BCUT2D eigenvalue weighted by atomic mass is 16.4. The fourth-order valence-electron chi connectivity index (χ4n) is 3.53. The smallest absolute Gasteiger partial charge is 0.337 e. The van der Waals surface area contributed by atoms with Crippen molar-refractivity contribution in [1.82, 2.24) is 19.7 Å². The van der Waals surface area contributed by atoms with Crippen molar-refractivity contribution < 1.29 is 9.90 Å². The molecule has 3 rings (SSSR count). The molecule has 0 radical (unpaired) electrons. The molecule has 0 aliphatic rings. The second-order valence-corrected chi connectivity index (χ2v) is 7.60. The van der Waals surface area contributed by atoms with Crippen molar-refractivity contribution in [3.63, 3.8) is 0 Å². The highest BCUT2D eigenvalue weighted by molar-refractivity contribution is 5.94. The monoisotopic (exact) mass is 406 g/mol. The molecule has 0 amide bonds. The maximum Gasteiger partial charge on any atom is 0.337 e. The van der Waals surface area contributed by atoms with Crippen molar-refractivity contribution in [3.8, 4) is 11.3 Å². The molecule has 0 spiro atoms. The number of carbonyl (C=O) groups is 1. The maximum absolute atomic E-state index is 11.5. The third kappa shape index (κ3) is 4.93. The van der Waals surface area contributed by atoms with Crippen LogP contribution in [0.3, 0.4) is 0 Å². The molecule has 6 heteroatoms. The SMILES string of the molecule is CCCCc1nc(CCCC)n(C(C)c2ccc(-c3ncccc3C(=O)O)cc2)n1. The standard InChI is InChI=1S/C24H30N4O2/c1-4-6-10-21-26-22(11-7-5-2)28(27-21)17(3)18-12-14-19(15-13-18)23-20(24(29)30)9-8-16-25-23/h8-9,12-17H,4-7,10-11H2,1-3H3,(H,29,30). The number of unbranched alkanes of at least 4 members (excludes halogenated alkanes) is 2. The third-order valence-electron chi connectivity index (χ3n) is 5.33. The molecule has 0 saturated heterocycles. The summed E-state index contributed by atoms with van der Waals surface area (Å²) < 4.78 is 2.05. The molecular weight excluding hydrogens is 376 g/mol. The van der Waals surface area contributed by atoms with Gasteiger partial charge in [-0.25, -0.2) is 14.5 Å². The molecule has 0 saturated carbocycles. The average molecular weight is 407 g/mol. The molecule has 30 heavy (non-hydrogen) atoms. The maximum atomic E-state index is 11.5. The summed E-state index contributed by atoms with van der Waals surface area (Å²) in [5.41, 5.74) is 2.58. The van der Waals surface area contributed by atoms with E-state index in [0.29, 0.717) is 5.69 Å². The van der Waals surface area contributed by atoms with Crippen molar-refractivity contribution in [2.45, 2.75) is 65.3 Å². The zero-order valence-corrected chi connectivity index (χ0v) is 18.0. The number of nitrogens with zero attached hydrogens (tertiary/aromatic N) is 4. The summed E-state index contributed by atoms with van der Waals surface area (Å²) in [4.78, 5) is 20.6. The van der Waals surface area contributed by atoms with Crippen LogP contribution in [0, 0.1) is 0 Å². The predicted molar refractivity (Wildman–Crippen MR) is 118 cm³/mol. The minimum Gasteiger partial charge on any atom is -0.478 e. The lowest BCUT2D eigenvalue weighted by Crippen LogP contribution is -2.13. The number of benzene rings is 1. The summed E-state index contributed by atoms with van der Waals surface area (Å²) >= 11 is 0. The van der Waals surface area contributed by atoms with Gasteiger partial charge >= 0.3 is 5.97 Å². The van der Waals surface area contributed by atoms with Crippen LogP contribution in [-0.2, 0) is 12.8 Å². The van der Waals surface area contributed by atoms with E-state index in [0.717, 1.165) is 61.3 Å². The highest BCUT2D eigenvalue weighted by Crippen LogP contribution is 2.26. The highest BCUT2D eigenvalue weighted by Gasteiger charge is 2.17. The first kappa shape index (κ1) is 21.7. The van der Waals surface area contributed by atoms with Gasteiger partial charge in [0.1, 0.15) is 5.82 Å². The van der Waals surface area contributed by atoms with Gasteiger partial charge in [-0.3, -0.25) is 4.98 Å². The molecule has 158 valence electrons. The van der Waals surface area contributed by atoms with Gasteiger partial charge in [0.05, 0.1) is 17.3 Å². The van der Waals surface area contributed by atoms with Crippen LogP contribution in [0.25, 0.3) is 11.3 Å². The Balaban J connectivity index is 1.88. The lowest BCUT2D eigenvalue weighted by atomic mass is 10.0. The second kappa shape index (κ2) is 10.1. The van der Waals surface area contributed by atoms with Crippen LogP contribution in [0.15, 0.2) is 42.6 Å². The van der Waals surface area contributed by atoms with Gasteiger partial charge in [0.2, 0.25) is 0 Å². The Morgan fingerprint density at radius 2 is 1.77 bits per heavy atom. The number of hydrogen-bond acceptors (Lipinski definition) is 4. The first-order valence-corrected chi connectivity index (χ1v) is 10.8. The van der Waals surface area contributed by atoms with Gasteiger partial charge < -0.3 is 5.11 Å². The summed E-state index contributed by atoms with van der Waals surface area (Å²) in [5, 5.41) is 14.2. The quantitative estimate of drug-likeness (QED) is 0.492. The zero-order valence-electron chi connectivity index (χ0n) is 18.0. The van der Waals surface area contributed by atoms with Gasteiger partial charge in [0, 0.05) is 24.6 Å². The number of aromatic carboxylic acids is 1. The molecule has 3 aromatic rings. The molecule has 0 aliphatic carbocycles. The van der Waals surface area contributed by atoms with Crippen LogP contribution in [-0.4, -0.2) is 30.8 Å². The van der Waals surface area contributed by atoms with Crippen molar-refractivity contribution in [1.29, 1.82) is 0 Å². The topological polar surface area (TPSA) is 80.9 Å². The minimum absolute atomic E-state index is 0.0523. The second-order valence-electron chi connectivity index (χ2n) is 7.60. The van der Waals surface area contributed by atoms with E-state index in [1.807, 2.05) is 24.3 Å². The fraction of sp³-hybridized carbons (Fsp3) is 0.417. The minimum atomic E-state index is -0.974. The molecule has 0 bridgehead atoms. The van der Waals surface area contributed by atoms with E-state index in [-0.39, 0.29) is 11.6 Å². The van der Waals surface area contributed by atoms with E-state index in [4.69, 9.17) is 10.1 Å². The largest absolute Gasteiger partial charge is 0.478 e. The molecule has 0 fully saturated rings. The molecule has 1 atom stereocenters. The summed E-state index contributed by atoms with van der Waals surface area (Å²) in [6.45, 7) is 6.49. The Hall–Kier alpha value is -3.02. The first-order chi connectivity index (χ1) is 14.5. The van der Waals surface area contributed by atoms with Gasteiger partial charge in [0.25, 0.3) is 0 Å². The van der Waals surface area contributed by atoms with Crippen LogP contribution in [0.4, 0.5) is 0 Å². The van der Waals surface area contributed by atoms with E-state index in [1.54, 1.807) is 18.3 Å². The third-order valence-corrected chi connectivity index (χ3v) is 5.33. The van der Waals surface area contributed by atoms with Crippen LogP contribution in [0.5, 0.6) is 0 Å². The average Bonchev–Trinajstić information content (AvgIpc) is 3.18. The lowest BCUT2D eigenvalue weighted by Gasteiger charge is -2.16. The predicted octanol–water partition coefficient (Wildman–Crippen LogP) is 5.33. The summed E-state index contributed by atoms with van der Waals surface area (Å²) in [6, 6.07) is 11.2. The number of hydrogen-bond donors (Lipinski definition) is 1. The number of rotatable bonds is 10. The summed E-state index contributed by atoms with van der Waals surface area (Å²) in [7, 11) is 0. The van der Waals surface area contributed by atoms with E-state index >= 15 is 0 Å². The Kier molecular flexibility index (Phi) is 7.33. The van der Waals surface area contributed by atoms with Gasteiger partial charge in [-0.05, 0) is 37.5 Å². The normalized spacial score (nSPS) is 12.1. The van der Waals surface area contributed by atoms with Gasteiger partial charge in [-0.2, -0.15) is 5.10 Å². The Labute approximate surface area is 178 Å². The molecule has 1 N–H and O–H groups in total. The molecule has 2 heterocycles. The van der Waals surface area contributed by atoms with Crippen LogP contribution in [0.2, 0.25) is 0 Å².